The molecule has 0 fully saturated rings. The summed E-state index contributed by atoms with van der Waals surface area (Å²) < 4.78 is 0. The number of aryl methyl sites for hydroxylation is 2. The summed E-state index contributed by atoms with van der Waals surface area (Å²) in [4.78, 5) is 23.9. The fourth-order valence-corrected chi connectivity index (χ4v) is 2.42. The fourth-order valence-electron chi connectivity index (χ4n) is 2.42. The number of rotatable bonds is 5. The second-order valence-corrected chi connectivity index (χ2v) is 5.90. The molecule has 24 heavy (non-hydrogen) atoms. The highest BCUT2D eigenvalue weighted by molar-refractivity contribution is 5.97. The molecule has 5 nitrogen and oxygen atoms in total. The van der Waals surface area contributed by atoms with Crippen LogP contribution in [-0.4, -0.2) is 18.0 Å². The summed E-state index contributed by atoms with van der Waals surface area (Å²) in [6.07, 6.45) is 0. The maximum atomic E-state index is 12.1. The van der Waals surface area contributed by atoms with Crippen LogP contribution in [0.25, 0.3) is 0 Å². The maximum absolute atomic E-state index is 12.1. The van der Waals surface area contributed by atoms with Gasteiger partial charge in [-0.05, 0) is 49.6 Å². The highest BCUT2D eigenvalue weighted by Gasteiger charge is 2.15. The van der Waals surface area contributed by atoms with Crippen LogP contribution < -0.4 is 16.0 Å². The molecular weight excluding hydrogens is 302 g/mol. The van der Waals surface area contributed by atoms with E-state index in [-0.39, 0.29) is 5.91 Å². The Bertz CT molecular complexity index is 694. The molecule has 0 saturated carbocycles. The van der Waals surface area contributed by atoms with Gasteiger partial charge in [-0.2, -0.15) is 0 Å². The van der Waals surface area contributed by atoms with Gasteiger partial charge in [-0.15, -0.1) is 0 Å². The number of anilines is 1. The predicted molar refractivity (Wildman–Crippen MR) is 95.8 cm³/mol. The summed E-state index contributed by atoms with van der Waals surface area (Å²) in [7, 11) is 0. The Hall–Kier alpha value is -2.82. The molecule has 2 rings (SSSR count). The molecule has 0 heterocycles. The lowest BCUT2D eigenvalue weighted by Gasteiger charge is -2.16. The standard InChI is InChI=1S/C19H23N3O2/c1-13-9-14(2)11-17(10-13)21-15(3)18(23)22-19(24)20-12-16-7-5-4-6-8-16/h4-11,15,21H,12H2,1-3H3,(H2,20,22,23,24). The Morgan fingerprint density at radius 3 is 2.25 bits per heavy atom. The second kappa shape index (κ2) is 8.15. The van der Waals surface area contributed by atoms with Crippen LogP contribution in [-0.2, 0) is 11.3 Å². The molecule has 126 valence electrons. The summed E-state index contributed by atoms with van der Waals surface area (Å²) in [6.45, 7) is 6.09. The molecule has 2 aromatic rings. The molecule has 0 aromatic heterocycles. The van der Waals surface area contributed by atoms with E-state index in [4.69, 9.17) is 0 Å². The van der Waals surface area contributed by atoms with Gasteiger partial charge in [-0.25, -0.2) is 4.79 Å². The number of amides is 3. The van der Waals surface area contributed by atoms with Crippen molar-refractivity contribution in [3.05, 3.63) is 65.2 Å². The van der Waals surface area contributed by atoms with Crippen LogP contribution in [0.1, 0.15) is 23.6 Å². The normalized spacial score (nSPS) is 11.5. The third kappa shape index (κ3) is 5.43. The molecule has 0 aliphatic rings. The maximum Gasteiger partial charge on any atom is 0.321 e. The van der Waals surface area contributed by atoms with Crippen molar-refractivity contribution in [2.45, 2.75) is 33.4 Å². The number of benzene rings is 2. The van der Waals surface area contributed by atoms with Crippen LogP contribution in [0.4, 0.5) is 10.5 Å². The number of carbonyl (C=O) groups excluding carboxylic acids is 2. The first-order valence-corrected chi connectivity index (χ1v) is 7.91. The SMILES string of the molecule is Cc1cc(C)cc(NC(C)C(=O)NC(=O)NCc2ccccc2)c1. The molecule has 3 N–H and O–H groups in total. The fraction of sp³-hybridized carbons (Fsp3) is 0.263. The first-order chi connectivity index (χ1) is 11.4. The van der Waals surface area contributed by atoms with E-state index in [9.17, 15) is 9.59 Å². The molecule has 1 unspecified atom stereocenters. The average molecular weight is 325 g/mol. The topological polar surface area (TPSA) is 70.2 Å². The van der Waals surface area contributed by atoms with Crippen molar-refractivity contribution < 1.29 is 9.59 Å². The highest BCUT2D eigenvalue weighted by Crippen LogP contribution is 2.14. The van der Waals surface area contributed by atoms with E-state index in [1.165, 1.54) is 0 Å². The van der Waals surface area contributed by atoms with Crippen LogP contribution >= 0.6 is 0 Å². The van der Waals surface area contributed by atoms with Gasteiger partial charge in [0.25, 0.3) is 0 Å². The van der Waals surface area contributed by atoms with Gasteiger partial charge < -0.3 is 10.6 Å². The molecule has 2 aromatic carbocycles. The van der Waals surface area contributed by atoms with E-state index in [0.717, 1.165) is 22.4 Å². The number of hydrogen-bond acceptors (Lipinski definition) is 3. The monoisotopic (exact) mass is 325 g/mol. The zero-order chi connectivity index (χ0) is 17.5. The van der Waals surface area contributed by atoms with Gasteiger partial charge >= 0.3 is 6.03 Å². The van der Waals surface area contributed by atoms with Gasteiger partial charge in [0.2, 0.25) is 5.91 Å². The van der Waals surface area contributed by atoms with Crippen LogP contribution in [0.15, 0.2) is 48.5 Å². The number of urea groups is 1. The summed E-state index contributed by atoms with van der Waals surface area (Å²) in [5.41, 5.74) is 4.07. The molecule has 1 atom stereocenters. The first-order valence-electron chi connectivity index (χ1n) is 7.91. The zero-order valence-electron chi connectivity index (χ0n) is 14.2. The second-order valence-electron chi connectivity index (χ2n) is 5.90. The van der Waals surface area contributed by atoms with Gasteiger partial charge in [-0.3, -0.25) is 10.1 Å². The minimum absolute atomic E-state index is 0.374. The van der Waals surface area contributed by atoms with Gasteiger partial charge in [0.1, 0.15) is 6.04 Å². The quantitative estimate of drug-likeness (QED) is 0.791. The van der Waals surface area contributed by atoms with E-state index in [2.05, 4.69) is 22.0 Å². The summed E-state index contributed by atoms with van der Waals surface area (Å²) in [5.74, 6) is -0.375. The molecule has 0 aliphatic carbocycles. The Kier molecular flexibility index (Phi) is 5.95. The summed E-state index contributed by atoms with van der Waals surface area (Å²) in [6, 6.07) is 14.5. The summed E-state index contributed by atoms with van der Waals surface area (Å²) >= 11 is 0. The van der Waals surface area contributed by atoms with Crippen LogP contribution in [0, 0.1) is 13.8 Å². The lowest BCUT2D eigenvalue weighted by Crippen LogP contribution is -2.45. The minimum atomic E-state index is -0.520. The van der Waals surface area contributed by atoms with E-state index in [1.54, 1.807) is 6.92 Å². The first kappa shape index (κ1) is 17.5. The Labute approximate surface area is 142 Å². The Morgan fingerprint density at radius 1 is 1.00 bits per heavy atom. The number of carbonyl (C=O) groups is 2. The van der Waals surface area contributed by atoms with Crippen molar-refractivity contribution in [1.82, 2.24) is 10.6 Å². The zero-order valence-corrected chi connectivity index (χ0v) is 14.2. The van der Waals surface area contributed by atoms with E-state index >= 15 is 0 Å². The lowest BCUT2D eigenvalue weighted by molar-refractivity contribution is -0.120. The van der Waals surface area contributed by atoms with Gasteiger partial charge in [0.15, 0.2) is 0 Å². The lowest BCUT2D eigenvalue weighted by atomic mass is 10.1. The van der Waals surface area contributed by atoms with E-state index in [1.807, 2.05) is 56.3 Å². The molecule has 0 aliphatic heterocycles. The van der Waals surface area contributed by atoms with Crippen LogP contribution in [0.2, 0.25) is 0 Å². The van der Waals surface area contributed by atoms with Gasteiger partial charge in [0.05, 0.1) is 0 Å². The van der Waals surface area contributed by atoms with Crippen molar-refractivity contribution in [1.29, 1.82) is 0 Å². The largest absolute Gasteiger partial charge is 0.374 e. The molecule has 3 amide bonds. The predicted octanol–water partition coefficient (Wildman–Crippen LogP) is 3.13. The smallest absolute Gasteiger partial charge is 0.321 e. The third-order valence-electron chi connectivity index (χ3n) is 3.53. The number of nitrogens with one attached hydrogen (secondary N) is 3. The van der Waals surface area contributed by atoms with Crippen molar-refractivity contribution in [2.75, 3.05) is 5.32 Å². The molecule has 0 radical (unpaired) electrons. The third-order valence-corrected chi connectivity index (χ3v) is 3.53. The van der Waals surface area contributed by atoms with Crippen molar-refractivity contribution in [3.63, 3.8) is 0 Å². The van der Waals surface area contributed by atoms with Gasteiger partial charge in [-0.1, -0.05) is 36.4 Å². The number of hydrogen-bond donors (Lipinski definition) is 3. The summed E-state index contributed by atoms with van der Waals surface area (Å²) in [5, 5.41) is 8.13. The van der Waals surface area contributed by atoms with E-state index in [0.29, 0.717) is 6.54 Å². The van der Waals surface area contributed by atoms with Crippen LogP contribution in [0.3, 0.4) is 0 Å². The molecule has 0 spiro atoms. The minimum Gasteiger partial charge on any atom is -0.374 e. The van der Waals surface area contributed by atoms with E-state index < -0.39 is 12.1 Å². The van der Waals surface area contributed by atoms with Crippen molar-refractivity contribution >= 4 is 17.6 Å². The van der Waals surface area contributed by atoms with Crippen molar-refractivity contribution in [3.8, 4) is 0 Å². The molecule has 0 saturated heterocycles. The molecule has 0 bridgehead atoms. The average Bonchev–Trinajstić information content (AvgIpc) is 2.53. The van der Waals surface area contributed by atoms with Crippen molar-refractivity contribution in [2.24, 2.45) is 0 Å². The number of imide groups is 1. The molecular formula is C19H23N3O2. The Morgan fingerprint density at radius 2 is 1.62 bits per heavy atom. The Balaban J connectivity index is 1.83. The highest BCUT2D eigenvalue weighted by atomic mass is 16.2. The van der Waals surface area contributed by atoms with Gasteiger partial charge in [0, 0.05) is 12.2 Å². The van der Waals surface area contributed by atoms with Crippen LogP contribution in [0.5, 0.6) is 0 Å². The molecule has 5 heteroatoms.